The maximum absolute atomic E-state index is 13.6. The van der Waals surface area contributed by atoms with Gasteiger partial charge in [-0.25, -0.2) is 14.8 Å². The molecule has 400 valence electrons. The number of alkyl halides is 6. The molecule has 8 rings (SSSR count). The number of nitriles is 2. The van der Waals surface area contributed by atoms with Crippen LogP contribution in [0.2, 0.25) is 0 Å². The number of aliphatic hydroxyl groups excluding tert-OH is 1. The predicted octanol–water partition coefficient (Wildman–Crippen LogP) is 9.58. The van der Waals surface area contributed by atoms with Crippen molar-refractivity contribution < 1.29 is 64.8 Å². The first-order valence-electron chi connectivity index (χ1n) is 22.9. The summed E-state index contributed by atoms with van der Waals surface area (Å²) in [4.78, 5) is 60.4. The van der Waals surface area contributed by atoms with Crippen LogP contribution in [-0.4, -0.2) is 96.3 Å². The monoisotopic (exact) mass is 1100 g/mol. The summed E-state index contributed by atoms with van der Waals surface area (Å²) in [5, 5.41) is 28.2. The van der Waals surface area contributed by atoms with Crippen LogP contribution in [0.5, 0.6) is 12.0 Å². The van der Waals surface area contributed by atoms with Crippen LogP contribution in [0.1, 0.15) is 70.7 Å². The largest absolute Gasteiger partial charge is 0.508 e. The van der Waals surface area contributed by atoms with Gasteiger partial charge in [-0.3, -0.25) is 19.4 Å². The SMILES string of the molecule is CC(C)(C)OC(=O)OCCOc1ncc2cc(N3C(=S)N(c4ccc(C#N)c(C(F)(F)F)c4)C(=O)C3(C)C)ccc2n1.CC1(C)C(=O)N(c2ccc(C#N)c(C(F)(F)F)c2)C(=S)N1c1ccc2nc(OCCO)ncc2c1. The minimum absolute atomic E-state index is 0.0115. The number of nitrogens with zero attached hydrogens (tertiary/aromatic N) is 10. The maximum atomic E-state index is 13.6. The van der Waals surface area contributed by atoms with Gasteiger partial charge in [-0.05, 0) is 146 Å². The van der Waals surface area contributed by atoms with Gasteiger partial charge >= 0.3 is 30.5 Å². The van der Waals surface area contributed by atoms with Gasteiger partial charge in [0.1, 0.15) is 36.5 Å². The molecule has 26 heteroatoms. The third-order valence-corrected chi connectivity index (χ3v) is 12.3. The van der Waals surface area contributed by atoms with Crippen molar-refractivity contribution in [2.45, 2.75) is 77.5 Å². The van der Waals surface area contributed by atoms with E-state index in [0.29, 0.717) is 33.2 Å². The standard InChI is InChI=1S/C28H26F3N5O5S.C23H18F3N5O3S/c1-26(2,3)41-25(38)40-11-10-39-23-33-15-17-12-19(8-9-21(17)34-23)36-24(42)35(22(37)27(36,4)5)18-7-6-16(14-32)20(13-18)28(29,30)31;1-22(2)19(33)30(15-4-3-13(11-27)17(10-15)23(24,25)26)21(35)31(22)16-5-6-18-14(9-16)12-28-20(29-18)34-8-7-32/h6-9,12-13,15H,10-11H2,1-5H3;3-6,9-10,12,32H,7-8H2,1-2H3. The number of benzene rings is 4. The van der Waals surface area contributed by atoms with Crippen LogP contribution >= 0.6 is 24.4 Å². The fraction of sp³-hybridized carbons (Fsp3) is 0.314. The molecule has 2 saturated heterocycles. The van der Waals surface area contributed by atoms with Gasteiger partial charge in [0.25, 0.3) is 11.8 Å². The Balaban J connectivity index is 0.000000227. The van der Waals surface area contributed by atoms with Crippen molar-refractivity contribution in [2.75, 3.05) is 46.0 Å². The molecule has 0 spiro atoms. The molecule has 0 aliphatic carbocycles. The van der Waals surface area contributed by atoms with Crippen LogP contribution in [0.25, 0.3) is 21.8 Å². The second kappa shape index (κ2) is 21.4. The van der Waals surface area contributed by atoms with Gasteiger partial charge in [0.05, 0.1) is 63.4 Å². The van der Waals surface area contributed by atoms with E-state index in [2.05, 4.69) is 19.9 Å². The van der Waals surface area contributed by atoms with Gasteiger partial charge in [-0.2, -0.15) is 46.8 Å². The molecule has 77 heavy (non-hydrogen) atoms. The summed E-state index contributed by atoms with van der Waals surface area (Å²) in [7, 11) is 0. The summed E-state index contributed by atoms with van der Waals surface area (Å²) >= 11 is 11.1. The number of fused-ring (bicyclic) bond motifs is 2. The minimum Gasteiger partial charge on any atom is -0.461 e. The summed E-state index contributed by atoms with van der Waals surface area (Å²) in [5.41, 5.74) is -4.71. The quantitative estimate of drug-likeness (QED) is 0.0552. The second-order valence-electron chi connectivity index (χ2n) is 18.8. The number of aliphatic hydroxyl groups is 1. The van der Waals surface area contributed by atoms with E-state index in [-0.39, 0.29) is 60.0 Å². The Morgan fingerprint density at radius 2 is 1.04 bits per heavy atom. The number of ether oxygens (including phenoxy) is 4. The van der Waals surface area contributed by atoms with Crippen LogP contribution < -0.4 is 29.1 Å². The lowest BCUT2D eigenvalue weighted by molar-refractivity contribution is -0.138. The molecular formula is C51H44F6N10O8S2. The Bertz CT molecular complexity index is 3450. The zero-order valence-corrected chi connectivity index (χ0v) is 43.4. The van der Waals surface area contributed by atoms with Crippen LogP contribution in [0.4, 0.5) is 53.9 Å². The van der Waals surface area contributed by atoms with Crippen molar-refractivity contribution in [3.63, 3.8) is 0 Å². The van der Waals surface area contributed by atoms with E-state index in [9.17, 15) is 40.7 Å². The van der Waals surface area contributed by atoms with E-state index in [1.165, 1.54) is 41.6 Å². The lowest BCUT2D eigenvalue weighted by Gasteiger charge is -2.29. The molecule has 0 radical (unpaired) electrons. The van der Waals surface area contributed by atoms with Crippen molar-refractivity contribution in [2.24, 2.45) is 0 Å². The van der Waals surface area contributed by atoms with Crippen molar-refractivity contribution in [1.82, 2.24) is 19.9 Å². The molecule has 0 unspecified atom stereocenters. The number of thiocarbonyl (C=S) groups is 2. The average molecular weight is 1100 g/mol. The molecule has 4 heterocycles. The third-order valence-electron chi connectivity index (χ3n) is 11.6. The Hall–Kier alpha value is -8.33. The van der Waals surface area contributed by atoms with Crippen molar-refractivity contribution in [3.05, 3.63) is 107 Å². The Kier molecular flexibility index (Phi) is 15.6. The van der Waals surface area contributed by atoms with Crippen LogP contribution in [0.15, 0.2) is 85.2 Å². The molecule has 0 bridgehead atoms. The van der Waals surface area contributed by atoms with Crippen molar-refractivity contribution >= 4 is 97.2 Å². The van der Waals surface area contributed by atoms with Gasteiger partial charge in [-0.1, -0.05) is 0 Å². The van der Waals surface area contributed by atoms with E-state index in [1.807, 2.05) is 0 Å². The molecule has 2 amide bonds. The Morgan fingerprint density at radius 1 is 0.636 bits per heavy atom. The van der Waals surface area contributed by atoms with Gasteiger partial charge in [-0.15, -0.1) is 0 Å². The highest BCUT2D eigenvalue weighted by Crippen LogP contribution is 2.42. The van der Waals surface area contributed by atoms with Crippen LogP contribution in [0.3, 0.4) is 0 Å². The number of rotatable bonds is 11. The molecule has 1 N–H and O–H groups in total. The second-order valence-corrected chi connectivity index (χ2v) is 19.6. The van der Waals surface area contributed by atoms with Crippen molar-refractivity contribution in [1.29, 1.82) is 10.5 Å². The third kappa shape index (κ3) is 11.7. The molecule has 0 atom stereocenters. The lowest BCUT2D eigenvalue weighted by Crippen LogP contribution is -2.44. The number of amides is 2. The number of halogens is 6. The first-order chi connectivity index (χ1) is 36.0. The summed E-state index contributed by atoms with van der Waals surface area (Å²) in [6, 6.07) is 19.3. The molecule has 2 aromatic heterocycles. The van der Waals surface area contributed by atoms with E-state index >= 15 is 0 Å². The van der Waals surface area contributed by atoms with Crippen LogP contribution in [-0.2, 0) is 31.4 Å². The van der Waals surface area contributed by atoms with Gasteiger partial charge in [0.2, 0.25) is 0 Å². The molecule has 2 aliphatic heterocycles. The summed E-state index contributed by atoms with van der Waals surface area (Å²) in [6.07, 6.45) is -7.39. The fourth-order valence-corrected chi connectivity index (χ4v) is 9.06. The highest BCUT2D eigenvalue weighted by molar-refractivity contribution is 7.81. The molecule has 0 saturated carbocycles. The Morgan fingerprint density at radius 3 is 1.42 bits per heavy atom. The zero-order valence-electron chi connectivity index (χ0n) is 41.8. The number of anilines is 4. The molecule has 6 aromatic rings. The van der Waals surface area contributed by atoms with Crippen LogP contribution in [0, 0.1) is 22.7 Å². The number of hydrogen-bond donors (Lipinski definition) is 1. The highest BCUT2D eigenvalue weighted by Gasteiger charge is 2.52. The van der Waals surface area contributed by atoms with Gasteiger partial charge < -0.3 is 33.9 Å². The first kappa shape index (κ1) is 56.4. The average Bonchev–Trinajstić information content (AvgIpc) is 3.67. The zero-order chi connectivity index (χ0) is 56.6. The highest BCUT2D eigenvalue weighted by atomic mass is 32.1. The molecule has 2 fully saturated rings. The van der Waals surface area contributed by atoms with E-state index in [4.69, 9.17) is 59.0 Å². The fourth-order valence-electron chi connectivity index (χ4n) is 8.02. The minimum atomic E-state index is -4.80. The number of aromatic nitrogens is 4. The summed E-state index contributed by atoms with van der Waals surface area (Å²) < 4.78 is 102. The topological polar surface area (TPSA) is 220 Å². The summed E-state index contributed by atoms with van der Waals surface area (Å²) in [5.74, 6) is -1.07. The number of hydrogen-bond acceptors (Lipinski definition) is 16. The maximum Gasteiger partial charge on any atom is 0.508 e. The number of carbonyl (C=O) groups is 3. The number of carbonyl (C=O) groups excluding carboxylic acids is 3. The molecule has 4 aromatic carbocycles. The first-order valence-corrected chi connectivity index (χ1v) is 23.7. The van der Waals surface area contributed by atoms with Crippen molar-refractivity contribution in [3.8, 4) is 24.2 Å². The van der Waals surface area contributed by atoms with E-state index < -0.39 is 69.3 Å². The molecule has 18 nitrogen and oxygen atoms in total. The molecule has 2 aliphatic rings. The predicted molar refractivity (Wildman–Crippen MR) is 275 cm³/mol. The van der Waals surface area contributed by atoms with E-state index in [1.54, 1.807) is 89.8 Å². The van der Waals surface area contributed by atoms with Gasteiger partial charge in [0.15, 0.2) is 10.2 Å². The normalized spacial score (nSPS) is 15.3. The lowest BCUT2D eigenvalue weighted by atomic mass is 10.0. The van der Waals surface area contributed by atoms with Gasteiger partial charge in [0, 0.05) is 34.5 Å². The molecular weight excluding hydrogens is 1060 g/mol. The summed E-state index contributed by atoms with van der Waals surface area (Å²) in [6.45, 7) is 11.4. The Labute approximate surface area is 446 Å². The smallest absolute Gasteiger partial charge is 0.461 e. The van der Waals surface area contributed by atoms with E-state index in [0.717, 1.165) is 34.1 Å².